The maximum absolute atomic E-state index is 13.2. The van der Waals surface area contributed by atoms with Crippen LogP contribution in [0.5, 0.6) is 0 Å². The molecule has 0 aliphatic heterocycles. The summed E-state index contributed by atoms with van der Waals surface area (Å²) >= 11 is 4.22. The van der Waals surface area contributed by atoms with E-state index < -0.39 is 35.2 Å². The molecular weight excluding hydrogens is 414 g/mol. The van der Waals surface area contributed by atoms with Crippen LogP contribution in [0.4, 0.5) is 4.79 Å². The number of aryl methyl sites for hydroxylation is 1. The van der Waals surface area contributed by atoms with Crippen LogP contribution in [0.25, 0.3) is 0 Å². The zero-order valence-electron chi connectivity index (χ0n) is 19.9. The average molecular weight is 452 g/mol. The van der Waals surface area contributed by atoms with E-state index in [4.69, 9.17) is 4.74 Å². The second-order valence-electron chi connectivity index (χ2n) is 9.57. The SMILES string of the molecule is CCc1ccc(C(C(=O)NC(C)(C)C)N(C)C(=O)C(CS)NC(=O)OC(C)(C)C)cc1. The third-order valence-electron chi connectivity index (χ3n) is 4.36. The van der Waals surface area contributed by atoms with Gasteiger partial charge in [-0.15, -0.1) is 0 Å². The van der Waals surface area contributed by atoms with Crippen molar-refractivity contribution in [3.05, 3.63) is 35.4 Å². The maximum atomic E-state index is 13.2. The summed E-state index contributed by atoms with van der Waals surface area (Å²) in [6, 6.07) is 5.79. The van der Waals surface area contributed by atoms with Crippen molar-refractivity contribution in [3.63, 3.8) is 0 Å². The van der Waals surface area contributed by atoms with Crippen molar-refractivity contribution in [3.8, 4) is 0 Å². The minimum Gasteiger partial charge on any atom is -0.444 e. The van der Waals surface area contributed by atoms with Crippen molar-refractivity contribution in [2.24, 2.45) is 0 Å². The first-order valence-electron chi connectivity index (χ1n) is 10.5. The number of nitrogens with one attached hydrogen (secondary N) is 2. The Morgan fingerprint density at radius 1 is 1.06 bits per heavy atom. The van der Waals surface area contributed by atoms with Crippen LogP contribution in [-0.2, 0) is 20.7 Å². The first-order chi connectivity index (χ1) is 14.2. The van der Waals surface area contributed by atoms with Crippen LogP contribution < -0.4 is 10.6 Å². The predicted octanol–water partition coefficient (Wildman–Crippen LogP) is 3.49. The number of thiol groups is 1. The minimum atomic E-state index is -0.942. The summed E-state index contributed by atoms with van der Waals surface area (Å²) in [5, 5.41) is 5.50. The van der Waals surface area contributed by atoms with E-state index in [-0.39, 0.29) is 11.7 Å². The molecule has 0 aliphatic carbocycles. The first kappa shape index (κ1) is 26.8. The molecule has 7 nitrogen and oxygen atoms in total. The van der Waals surface area contributed by atoms with Crippen LogP contribution in [0, 0.1) is 0 Å². The van der Waals surface area contributed by atoms with Gasteiger partial charge in [-0.25, -0.2) is 4.79 Å². The Bertz CT molecular complexity index is 767. The van der Waals surface area contributed by atoms with Gasteiger partial charge in [0.05, 0.1) is 0 Å². The molecule has 0 fully saturated rings. The van der Waals surface area contributed by atoms with Gasteiger partial charge in [0.2, 0.25) is 11.8 Å². The first-order valence-corrected chi connectivity index (χ1v) is 11.1. The number of rotatable bonds is 7. The van der Waals surface area contributed by atoms with Crippen molar-refractivity contribution < 1.29 is 19.1 Å². The molecule has 1 aromatic rings. The lowest BCUT2D eigenvalue weighted by atomic mass is 9.99. The minimum absolute atomic E-state index is 0.0603. The number of hydrogen-bond acceptors (Lipinski definition) is 5. The normalized spacial score (nSPS) is 13.7. The van der Waals surface area contributed by atoms with Crippen molar-refractivity contribution in [2.45, 2.75) is 78.1 Å². The number of ether oxygens (including phenoxy) is 1. The summed E-state index contributed by atoms with van der Waals surface area (Å²) in [6.45, 7) is 12.9. The van der Waals surface area contributed by atoms with Gasteiger partial charge in [0.15, 0.2) is 0 Å². The van der Waals surface area contributed by atoms with E-state index in [9.17, 15) is 14.4 Å². The lowest BCUT2D eigenvalue weighted by Gasteiger charge is -2.33. The highest BCUT2D eigenvalue weighted by molar-refractivity contribution is 7.80. The quantitative estimate of drug-likeness (QED) is 0.554. The van der Waals surface area contributed by atoms with Gasteiger partial charge in [0.25, 0.3) is 0 Å². The van der Waals surface area contributed by atoms with E-state index in [1.165, 1.54) is 4.90 Å². The number of carbonyl (C=O) groups is 3. The topological polar surface area (TPSA) is 87.7 Å². The standard InChI is InChI=1S/C23H37N3O4S/c1-9-15-10-12-16(13-11-15)18(19(27)25-22(2,3)4)26(8)20(28)17(14-31)24-21(29)30-23(5,6)7/h10-13,17-18,31H,9,14H2,1-8H3,(H,24,29)(H,25,27). The number of carbonyl (C=O) groups excluding carboxylic acids is 3. The van der Waals surface area contributed by atoms with E-state index in [0.717, 1.165) is 12.0 Å². The summed E-state index contributed by atoms with van der Waals surface area (Å²) in [5.41, 5.74) is 0.647. The third kappa shape index (κ3) is 8.81. The van der Waals surface area contributed by atoms with Crippen LogP contribution in [0.2, 0.25) is 0 Å². The van der Waals surface area contributed by atoms with Gasteiger partial charge >= 0.3 is 6.09 Å². The largest absolute Gasteiger partial charge is 0.444 e. The molecule has 1 rings (SSSR count). The Labute approximate surface area is 191 Å². The molecule has 1 aromatic carbocycles. The highest BCUT2D eigenvalue weighted by atomic mass is 32.1. The number of amides is 3. The van der Waals surface area contributed by atoms with Crippen LogP contribution in [0.15, 0.2) is 24.3 Å². The summed E-state index contributed by atoms with van der Waals surface area (Å²) in [6.07, 6.45) is 0.159. The van der Waals surface area contributed by atoms with Gasteiger partial charge in [-0.2, -0.15) is 12.6 Å². The second-order valence-corrected chi connectivity index (χ2v) is 9.93. The van der Waals surface area contributed by atoms with Crippen molar-refractivity contribution in [1.82, 2.24) is 15.5 Å². The van der Waals surface area contributed by atoms with Crippen molar-refractivity contribution in [1.29, 1.82) is 0 Å². The number of likely N-dealkylation sites (N-methyl/N-ethyl adjacent to an activating group) is 1. The smallest absolute Gasteiger partial charge is 0.408 e. The summed E-state index contributed by atoms with van der Waals surface area (Å²) in [4.78, 5) is 39.9. The Hall–Kier alpha value is -2.22. The van der Waals surface area contributed by atoms with Gasteiger partial charge in [0, 0.05) is 18.3 Å². The van der Waals surface area contributed by atoms with E-state index >= 15 is 0 Å². The molecule has 0 heterocycles. The average Bonchev–Trinajstić information content (AvgIpc) is 2.63. The van der Waals surface area contributed by atoms with Gasteiger partial charge in [-0.1, -0.05) is 31.2 Å². The maximum Gasteiger partial charge on any atom is 0.408 e. The van der Waals surface area contributed by atoms with Crippen LogP contribution in [-0.4, -0.2) is 52.8 Å². The summed E-state index contributed by atoms with van der Waals surface area (Å²) in [5.74, 6) is -0.678. The van der Waals surface area contributed by atoms with Gasteiger partial charge in [-0.05, 0) is 59.1 Å². The van der Waals surface area contributed by atoms with E-state index in [1.807, 2.05) is 52.0 Å². The third-order valence-corrected chi connectivity index (χ3v) is 4.72. The zero-order chi connectivity index (χ0) is 24.0. The molecule has 0 radical (unpaired) electrons. The summed E-state index contributed by atoms with van der Waals surface area (Å²) < 4.78 is 5.25. The monoisotopic (exact) mass is 451 g/mol. The molecule has 8 heteroatoms. The zero-order valence-corrected chi connectivity index (χ0v) is 20.8. The predicted molar refractivity (Wildman–Crippen MR) is 126 cm³/mol. The molecular formula is C23H37N3O4S. The second kappa shape index (κ2) is 10.9. The Kier molecular flexibility index (Phi) is 9.42. The fraction of sp³-hybridized carbons (Fsp3) is 0.609. The van der Waals surface area contributed by atoms with E-state index in [1.54, 1.807) is 27.8 Å². The summed E-state index contributed by atoms with van der Waals surface area (Å²) in [7, 11) is 1.55. The van der Waals surface area contributed by atoms with Gasteiger partial charge in [0.1, 0.15) is 17.7 Å². The Morgan fingerprint density at radius 2 is 1.61 bits per heavy atom. The fourth-order valence-electron chi connectivity index (χ4n) is 2.93. The number of hydrogen-bond donors (Lipinski definition) is 3. The molecule has 2 unspecified atom stereocenters. The van der Waals surface area contributed by atoms with E-state index in [0.29, 0.717) is 5.56 Å². The highest BCUT2D eigenvalue weighted by Gasteiger charge is 2.34. The van der Waals surface area contributed by atoms with Crippen molar-refractivity contribution in [2.75, 3.05) is 12.8 Å². The van der Waals surface area contributed by atoms with Crippen LogP contribution in [0.3, 0.4) is 0 Å². The number of alkyl carbamates (subject to hydrolysis) is 1. The molecule has 0 spiro atoms. The Balaban J connectivity index is 3.18. The fourth-order valence-corrected chi connectivity index (χ4v) is 3.18. The van der Waals surface area contributed by atoms with Gasteiger partial charge < -0.3 is 20.3 Å². The molecule has 3 amide bonds. The molecule has 174 valence electrons. The molecule has 0 aliphatic rings. The molecule has 31 heavy (non-hydrogen) atoms. The lowest BCUT2D eigenvalue weighted by Crippen LogP contribution is -2.54. The molecule has 0 aromatic heterocycles. The molecule has 2 atom stereocenters. The lowest BCUT2D eigenvalue weighted by molar-refractivity contribution is -0.141. The molecule has 0 saturated heterocycles. The van der Waals surface area contributed by atoms with Crippen LogP contribution >= 0.6 is 12.6 Å². The van der Waals surface area contributed by atoms with Crippen LogP contribution in [0.1, 0.15) is 65.6 Å². The van der Waals surface area contributed by atoms with E-state index in [2.05, 4.69) is 23.3 Å². The van der Waals surface area contributed by atoms with Gasteiger partial charge in [-0.3, -0.25) is 9.59 Å². The molecule has 0 saturated carbocycles. The Morgan fingerprint density at radius 3 is 2.03 bits per heavy atom. The number of benzene rings is 1. The van der Waals surface area contributed by atoms with Crippen molar-refractivity contribution >= 4 is 30.5 Å². The molecule has 2 N–H and O–H groups in total. The number of nitrogens with zero attached hydrogens (tertiary/aromatic N) is 1. The highest BCUT2D eigenvalue weighted by Crippen LogP contribution is 2.23. The molecule has 0 bridgehead atoms.